The van der Waals surface area contributed by atoms with Gasteiger partial charge in [0.2, 0.25) is 12.3 Å². The number of nitrogens with one attached hydrogen (secondary N) is 2. The molecule has 0 radical (unpaired) electrons. The smallest absolute Gasteiger partial charge is 0.265 e. The molecule has 1 aliphatic rings. The van der Waals surface area contributed by atoms with Crippen LogP contribution in [0.2, 0.25) is 5.02 Å². The zero-order valence-electron chi connectivity index (χ0n) is 17.2. The third-order valence-corrected chi connectivity index (χ3v) is 4.66. The molecule has 2 heterocycles. The molecule has 10 heteroatoms. The molecule has 0 saturated carbocycles. The van der Waals surface area contributed by atoms with E-state index in [9.17, 15) is 10.0 Å². The molecule has 4 N–H and O–H groups in total. The lowest BCUT2D eigenvalue weighted by molar-refractivity contribution is -0.439. The predicted octanol–water partition coefficient (Wildman–Crippen LogP) is 3.06. The highest BCUT2D eigenvalue weighted by atomic mass is 35.5. The lowest BCUT2D eigenvalue weighted by atomic mass is 10.0. The molecule has 2 aromatic carbocycles. The van der Waals surface area contributed by atoms with Crippen molar-refractivity contribution in [1.29, 1.82) is 0 Å². The fourth-order valence-electron chi connectivity index (χ4n) is 2.94. The Morgan fingerprint density at radius 1 is 1.12 bits per heavy atom. The summed E-state index contributed by atoms with van der Waals surface area (Å²) in [6.07, 6.45) is 3.06. The van der Waals surface area contributed by atoms with E-state index >= 15 is 0 Å². The number of likely N-dealkylation sites (N-methyl/N-ethyl adjacent to an activating group) is 1. The largest absolute Gasteiger partial charge is 0.623 e. The minimum absolute atomic E-state index is 0. The molecule has 0 fully saturated rings. The number of hydroxylamine groups is 1. The molecule has 4 rings (SSSR count). The first kappa shape index (κ1) is 24.8. The minimum Gasteiger partial charge on any atom is -0.623 e. The summed E-state index contributed by atoms with van der Waals surface area (Å²) in [4.78, 5) is 19.0. The number of aromatic nitrogens is 1. The van der Waals surface area contributed by atoms with Gasteiger partial charge in [-0.3, -0.25) is 15.2 Å². The topological polar surface area (TPSA) is 118 Å². The number of pyridine rings is 1. The zero-order valence-corrected chi connectivity index (χ0v) is 18.7. The highest BCUT2D eigenvalue weighted by Crippen LogP contribution is 2.28. The zero-order chi connectivity index (χ0) is 22.2. The van der Waals surface area contributed by atoms with Crippen LogP contribution in [0.3, 0.4) is 0 Å². The summed E-state index contributed by atoms with van der Waals surface area (Å²) in [6, 6.07) is 18.1. The molecule has 0 unspecified atom stereocenters. The number of aliphatic imine (C=N–C) groups is 1. The van der Waals surface area contributed by atoms with E-state index in [-0.39, 0.29) is 24.9 Å². The van der Waals surface area contributed by atoms with Crippen LogP contribution in [-0.2, 0) is 0 Å². The van der Waals surface area contributed by atoms with Crippen molar-refractivity contribution < 1.29 is 9.53 Å². The average molecular weight is 473 g/mol. The van der Waals surface area contributed by atoms with Crippen LogP contribution < -0.4 is 16.6 Å². The van der Waals surface area contributed by atoms with Gasteiger partial charge in [0.05, 0.1) is 11.3 Å². The molecule has 8 nitrogen and oxygen atoms in total. The van der Waals surface area contributed by atoms with Gasteiger partial charge in [0.1, 0.15) is 0 Å². The third kappa shape index (κ3) is 6.04. The Balaban J connectivity index is 0.000000280. The van der Waals surface area contributed by atoms with E-state index in [1.807, 2.05) is 41.8 Å². The van der Waals surface area contributed by atoms with E-state index < -0.39 is 0 Å². The van der Waals surface area contributed by atoms with Crippen molar-refractivity contribution in [2.75, 3.05) is 13.6 Å². The quantitative estimate of drug-likeness (QED) is 0.174. The van der Waals surface area contributed by atoms with Crippen molar-refractivity contribution in [3.8, 4) is 0 Å². The van der Waals surface area contributed by atoms with Crippen LogP contribution in [0.15, 0.2) is 78.0 Å². The second kappa shape index (κ2) is 11.8. The number of nitrogens with zero attached hydrogens (tertiary/aromatic N) is 3. The van der Waals surface area contributed by atoms with Crippen molar-refractivity contribution in [1.82, 2.24) is 15.7 Å². The number of hydrazine groups is 1. The molecule has 1 aliphatic heterocycles. The molecule has 0 saturated heterocycles. The second-order valence-electron chi connectivity index (χ2n) is 6.43. The Labute approximate surface area is 196 Å². The van der Waals surface area contributed by atoms with Crippen LogP contribution in [-0.4, -0.2) is 40.8 Å². The molecule has 0 spiro atoms. The maximum atomic E-state index is 12.6. The van der Waals surface area contributed by atoms with Gasteiger partial charge in [-0.05, 0) is 42.5 Å². The summed E-state index contributed by atoms with van der Waals surface area (Å²) < 4.78 is 0.951. The summed E-state index contributed by atoms with van der Waals surface area (Å²) >= 11 is 6.10. The number of benzene rings is 2. The van der Waals surface area contributed by atoms with Gasteiger partial charge in [0.15, 0.2) is 5.84 Å². The Kier molecular flexibility index (Phi) is 9.15. The molecule has 0 aliphatic carbocycles. The molecule has 166 valence electrons. The molecule has 0 atom stereocenters. The van der Waals surface area contributed by atoms with E-state index in [1.54, 1.807) is 31.3 Å². The number of carbonyl (C=O) groups is 1. The number of nitrogens with two attached hydrogens (primary N) is 1. The van der Waals surface area contributed by atoms with Crippen molar-refractivity contribution in [3.05, 3.63) is 100.0 Å². The standard InChI is InChI=1S/C16H14ClN3O.C6H7N3O.ClH/c1-18-15-10-20(21)16(11-5-3-2-4-6-11)13-9-12(17)7-8-14(13)19-15;7-9-6(10)5-1-3-8-4-2-5;/h2-9H,10H2,1H3,(H,18,19);1-4H,7H2,(H,9,10);1H. The number of rotatable bonds is 2. The lowest BCUT2D eigenvalue weighted by Crippen LogP contribution is -2.29. The first-order valence-electron chi connectivity index (χ1n) is 9.36. The summed E-state index contributed by atoms with van der Waals surface area (Å²) in [7, 11) is 1.76. The second-order valence-corrected chi connectivity index (χ2v) is 6.87. The van der Waals surface area contributed by atoms with Gasteiger partial charge in [-0.25, -0.2) is 10.8 Å². The number of hydrogen-bond acceptors (Lipinski definition) is 6. The van der Waals surface area contributed by atoms with E-state index in [1.165, 1.54) is 12.4 Å². The Morgan fingerprint density at radius 3 is 2.44 bits per heavy atom. The SMILES string of the molecule is CNC1=Nc2ccc(Cl)cc2C(c2ccccc2)=[N+]([O-])C1.Cl.NNC(=O)c1ccncc1. The number of amidine groups is 1. The van der Waals surface area contributed by atoms with Crippen LogP contribution in [0, 0.1) is 5.21 Å². The number of nitrogen functional groups attached to an aromatic ring is 1. The molecular formula is C22H22Cl2N6O2. The number of amides is 1. The summed E-state index contributed by atoms with van der Waals surface area (Å²) in [5, 5.41) is 16.1. The highest BCUT2D eigenvalue weighted by Gasteiger charge is 2.24. The Bertz CT molecular complexity index is 1120. The Hall–Kier alpha value is -3.46. The number of hydrogen-bond donors (Lipinski definition) is 3. The molecule has 1 amide bonds. The van der Waals surface area contributed by atoms with E-state index in [0.29, 0.717) is 22.1 Å². The number of halogens is 2. The monoisotopic (exact) mass is 472 g/mol. The highest BCUT2D eigenvalue weighted by molar-refractivity contribution is 6.31. The van der Waals surface area contributed by atoms with Crippen LogP contribution in [0.25, 0.3) is 0 Å². The molecule has 1 aromatic heterocycles. The average Bonchev–Trinajstić information content (AvgIpc) is 2.95. The van der Waals surface area contributed by atoms with Crippen molar-refractivity contribution in [2.24, 2.45) is 10.8 Å². The molecule has 32 heavy (non-hydrogen) atoms. The van der Waals surface area contributed by atoms with Crippen LogP contribution in [0.5, 0.6) is 0 Å². The summed E-state index contributed by atoms with van der Waals surface area (Å²) in [6.45, 7) is 0.174. The third-order valence-electron chi connectivity index (χ3n) is 4.42. The van der Waals surface area contributed by atoms with Gasteiger partial charge in [-0.15, -0.1) is 12.4 Å². The fourth-order valence-corrected chi connectivity index (χ4v) is 3.11. The summed E-state index contributed by atoms with van der Waals surface area (Å²) in [5.74, 6) is 5.21. The van der Waals surface area contributed by atoms with Gasteiger partial charge in [-0.2, -0.15) is 4.74 Å². The van der Waals surface area contributed by atoms with Gasteiger partial charge in [0, 0.05) is 35.6 Å². The fraction of sp³-hybridized carbons (Fsp3) is 0.0909. The van der Waals surface area contributed by atoms with Crippen molar-refractivity contribution in [3.63, 3.8) is 0 Å². The normalized spacial score (nSPS) is 12.2. The van der Waals surface area contributed by atoms with Gasteiger partial charge in [0.25, 0.3) is 5.91 Å². The molecule has 0 bridgehead atoms. The van der Waals surface area contributed by atoms with Crippen LogP contribution >= 0.6 is 24.0 Å². The van der Waals surface area contributed by atoms with E-state index in [4.69, 9.17) is 17.4 Å². The summed E-state index contributed by atoms with van der Waals surface area (Å²) in [5.41, 5.74) is 5.44. The first-order chi connectivity index (χ1) is 15.0. The van der Waals surface area contributed by atoms with Crippen molar-refractivity contribution in [2.45, 2.75) is 0 Å². The van der Waals surface area contributed by atoms with Crippen LogP contribution in [0.4, 0.5) is 5.69 Å². The van der Waals surface area contributed by atoms with Crippen molar-refractivity contribution >= 4 is 47.1 Å². The predicted molar refractivity (Wildman–Crippen MR) is 129 cm³/mol. The van der Waals surface area contributed by atoms with Gasteiger partial charge >= 0.3 is 0 Å². The maximum absolute atomic E-state index is 12.6. The van der Waals surface area contributed by atoms with Crippen LogP contribution in [0.1, 0.15) is 21.5 Å². The number of carbonyl (C=O) groups excluding carboxylic acids is 1. The van der Waals surface area contributed by atoms with E-state index in [0.717, 1.165) is 21.6 Å². The molecule has 3 aromatic rings. The van der Waals surface area contributed by atoms with Gasteiger partial charge in [-0.1, -0.05) is 29.8 Å². The van der Waals surface area contributed by atoms with Gasteiger partial charge < -0.3 is 10.5 Å². The minimum atomic E-state index is -0.303. The molecular weight excluding hydrogens is 451 g/mol. The first-order valence-corrected chi connectivity index (χ1v) is 9.74. The number of fused-ring (bicyclic) bond motifs is 1. The Morgan fingerprint density at radius 2 is 1.81 bits per heavy atom. The van der Waals surface area contributed by atoms with E-state index in [2.05, 4.69) is 15.3 Å². The lowest BCUT2D eigenvalue weighted by Gasteiger charge is -2.10. The maximum Gasteiger partial charge on any atom is 0.265 e.